The van der Waals surface area contributed by atoms with Crippen molar-refractivity contribution in [1.29, 1.82) is 0 Å². The number of aromatic hydroxyl groups is 1. The summed E-state index contributed by atoms with van der Waals surface area (Å²) >= 11 is 0. The molecule has 2 unspecified atom stereocenters. The topological polar surface area (TPSA) is 45.9 Å². The van der Waals surface area contributed by atoms with E-state index in [0.29, 0.717) is 5.75 Å². The van der Waals surface area contributed by atoms with Crippen molar-refractivity contribution in [2.75, 3.05) is 46.1 Å². The minimum absolute atomic E-state index is 0.0381. The van der Waals surface area contributed by atoms with Crippen LogP contribution in [0.2, 0.25) is 0 Å². The molecule has 6 rings (SSSR count). The van der Waals surface area contributed by atoms with Crippen LogP contribution in [0.5, 0.6) is 5.75 Å². The standard InChI is InChI=1S/C19H22N4O/c24-18-6-5-15-3-1-2-4-16(15)17(18)9-20-19-10-21-7-8-22(11-19)14-23(12-19)13-21/h1-6,9,24H,7-8,10-14H2/p+3. The first kappa shape index (κ1) is 14.4. The number of quaternary nitrogens is 3. The molecule has 0 radical (unpaired) electrons. The lowest BCUT2D eigenvalue weighted by atomic mass is 9.94. The van der Waals surface area contributed by atoms with Crippen molar-refractivity contribution in [2.45, 2.75) is 5.54 Å². The largest absolute Gasteiger partial charge is 0.507 e. The highest BCUT2D eigenvalue weighted by Gasteiger charge is 2.54. The average molecular weight is 325 g/mol. The molecule has 0 amide bonds. The van der Waals surface area contributed by atoms with E-state index in [2.05, 4.69) is 12.1 Å². The van der Waals surface area contributed by atoms with Gasteiger partial charge >= 0.3 is 0 Å². The van der Waals surface area contributed by atoms with Gasteiger partial charge in [0.25, 0.3) is 0 Å². The molecule has 5 nitrogen and oxygen atoms in total. The number of aliphatic imine (C=N–C) groups is 1. The van der Waals surface area contributed by atoms with Gasteiger partial charge in [0.1, 0.15) is 38.5 Å². The van der Waals surface area contributed by atoms with Gasteiger partial charge in [-0.05, 0) is 16.8 Å². The van der Waals surface area contributed by atoms with Crippen molar-refractivity contribution in [3.8, 4) is 5.75 Å². The van der Waals surface area contributed by atoms with Crippen LogP contribution in [-0.4, -0.2) is 62.9 Å². The van der Waals surface area contributed by atoms with E-state index in [0.717, 1.165) is 36.0 Å². The van der Waals surface area contributed by atoms with Crippen LogP contribution < -0.4 is 14.7 Å². The maximum absolute atomic E-state index is 10.4. The molecule has 2 atom stereocenters. The third-order valence-electron chi connectivity index (χ3n) is 5.98. The Balaban J connectivity index is 1.55. The molecule has 4 aliphatic rings. The summed E-state index contributed by atoms with van der Waals surface area (Å²) < 4.78 is 0. The molecule has 4 bridgehead atoms. The molecule has 0 aliphatic carbocycles. The highest BCUT2D eigenvalue weighted by atomic mass is 16.3. The molecule has 4 fully saturated rings. The van der Waals surface area contributed by atoms with Crippen LogP contribution in [0.3, 0.4) is 0 Å². The lowest BCUT2D eigenvalue weighted by Gasteiger charge is -2.41. The van der Waals surface area contributed by atoms with Gasteiger partial charge in [-0.3, -0.25) is 14.8 Å². The Labute approximate surface area is 141 Å². The summed E-state index contributed by atoms with van der Waals surface area (Å²) in [6.45, 7) is 8.47. The minimum atomic E-state index is 0.0381. The molecule has 2 aromatic carbocycles. The normalized spacial score (nSPS) is 34.9. The second-order valence-electron chi connectivity index (χ2n) is 7.84. The molecule has 124 valence electrons. The zero-order valence-electron chi connectivity index (χ0n) is 13.9. The van der Waals surface area contributed by atoms with Crippen LogP contribution >= 0.6 is 0 Å². The predicted molar refractivity (Wildman–Crippen MR) is 92.9 cm³/mol. The molecule has 2 aromatic rings. The monoisotopic (exact) mass is 325 g/mol. The molecule has 0 saturated carbocycles. The molecule has 4 heterocycles. The van der Waals surface area contributed by atoms with Gasteiger partial charge in [-0.1, -0.05) is 30.3 Å². The summed E-state index contributed by atoms with van der Waals surface area (Å²) in [5.41, 5.74) is 0.902. The summed E-state index contributed by atoms with van der Waals surface area (Å²) in [4.78, 5) is 10.2. The molecule has 5 heteroatoms. The fraction of sp³-hybridized carbons (Fsp3) is 0.421. The van der Waals surface area contributed by atoms with Gasteiger partial charge in [-0.25, -0.2) is 4.90 Å². The Morgan fingerprint density at radius 1 is 0.917 bits per heavy atom. The van der Waals surface area contributed by atoms with E-state index >= 15 is 0 Å². The average Bonchev–Trinajstić information content (AvgIpc) is 2.79. The SMILES string of the molecule is Oc1ccc2ccccc2c1C=NC12C[NH+]3CC[NH+](C[NH+](C3)C1)C2. The van der Waals surface area contributed by atoms with Gasteiger partial charge in [0.2, 0.25) is 18.9 Å². The Kier molecular flexibility index (Phi) is 3.16. The maximum Gasteiger partial charge on any atom is 0.209 e. The van der Waals surface area contributed by atoms with Gasteiger partial charge in [-0.15, -0.1) is 0 Å². The van der Waals surface area contributed by atoms with E-state index in [9.17, 15) is 5.11 Å². The van der Waals surface area contributed by atoms with E-state index in [4.69, 9.17) is 4.99 Å². The van der Waals surface area contributed by atoms with Gasteiger partial charge < -0.3 is 5.11 Å². The summed E-state index contributed by atoms with van der Waals surface area (Å²) in [7, 11) is 0. The van der Waals surface area contributed by atoms with E-state index in [-0.39, 0.29) is 5.54 Å². The molecule has 0 spiro atoms. The Morgan fingerprint density at radius 3 is 2.42 bits per heavy atom. The number of hydrogen-bond donors (Lipinski definition) is 4. The van der Waals surface area contributed by atoms with E-state index in [1.54, 1.807) is 20.8 Å². The summed E-state index contributed by atoms with van der Waals surface area (Å²) in [6, 6.07) is 12.0. The van der Waals surface area contributed by atoms with Gasteiger partial charge in [0.15, 0.2) is 0 Å². The Bertz CT molecular complexity index is 802. The number of rotatable bonds is 2. The second-order valence-corrected chi connectivity index (χ2v) is 7.84. The summed E-state index contributed by atoms with van der Waals surface area (Å²) in [5, 5.41) is 12.6. The fourth-order valence-corrected chi connectivity index (χ4v) is 5.07. The van der Waals surface area contributed by atoms with Crippen LogP contribution in [0, 0.1) is 0 Å². The van der Waals surface area contributed by atoms with Crippen LogP contribution in [0.4, 0.5) is 0 Å². The first-order valence-electron chi connectivity index (χ1n) is 8.97. The molecular weight excluding hydrogens is 300 g/mol. The van der Waals surface area contributed by atoms with Gasteiger partial charge in [0.05, 0.1) is 0 Å². The predicted octanol–water partition coefficient (Wildman–Crippen LogP) is -2.69. The van der Waals surface area contributed by atoms with Crippen LogP contribution in [0.1, 0.15) is 5.56 Å². The van der Waals surface area contributed by atoms with Crippen molar-refractivity contribution >= 4 is 17.0 Å². The number of benzene rings is 2. The van der Waals surface area contributed by atoms with Crippen molar-refractivity contribution in [3.05, 3.63) is 42.0 Å². The van der Waals surface area contributed by atoms with E-state index in [1.165, 1.54) is 26.4 Å². The van der Waals surface area contributed by atoms with E-state index in [1.807, 2.05) is 24.4 Å². The number of nitrogens with zero attached hydrogens (tertiary/aromatic N) is 1. The van der Waals surface area contributed by atoms with E-state index < -0.39 is 0 Å². The molecular formula is C19H25N4O+3. The third-order valence-corrected chi connectivity index (χ3v) is 5.98. The van der Waals surface area contributed by atoms with Crippen LogP contribution in [0.25, 0.3) is 10.8 Å². The zero-order valence-corrected chi connectivity index (χ0v) is 13.9. The highest BCUT2D eigenvalue weighted by Crippen LogP contribution is 2.26. The highest BCUT2D eigenvalue weighted by molar-refractivity contribution is 6.02. The van der Waals surface area contributed by atoms with Crippen molar-refractivity contribution in [3.63, 3.8) is 0 Å². The quantitative estimate of drug-likeness (QED) is 0.447. The van der Waals surface area contributed by atoms with Crippen molar-refractivity contribution < 1.29 is 19.8 Å². The maximum atomic E-state index is 10.4. The van der Waals surface area contributed by atoms with Gasteiger partial charge in [0, 0.05) is 11.8 Å². The first-order valence-corrected chi connectivity index (χ1v) is 8.97. The zero-order chi connectivity index (χ0) is 16.1. The fourth-order valence-electron chi connectivity index (χ4n) is 5.07. The smallest absolute Gasteiger partial charge is 0.209 e. The molecule has 4 N–H and O–H groups in total. The van der Waals surface area contributed by atoms with Crippen LogP contribution in [-0.2, 0) is 0 Å². The molecule has 0 aromatic heterocycles. The van der Waals surface area contributed by atoms with Crippen molar-refractivity contribution in [1.82, 2.24) is 0 Å². The summed E-state index contributed by atoms with van der Waals surface area (Å²) in [6.07, 6.45) is 1.95. The van der Waals surface area contributed by atoms with Gasteiger partial charge in [-0.2, -0.15) is 0 Å². The molecule has 4 aliphatic heterocycles. The third kappa shape index (κ3) is 2.32. The van der Waals surface area contributed by atoms with Crippen LogP contribution in [0.15, 0.2) is 41.4 Å². The Hall–Kier alpha value is -1.95. The number of fused-ring (bicyclic) bond motifs is 2. The second kappa shape index (κ2) is 5.28. The number of phenols is 1. The number of nitrogens with one attached hydrogen (secondary N) is 3. The number of phenolic OH excluding ortho intramolecular Hbond substituents is 1. The molecule has 4 saturated heterocycles. The minimum Gasteiger partial charge on any atom is -0.507 e. The Morgan fingerprint density at radius 2 is 1.62 bits per heavy atom. The van der Waals surface area contributed by atoms with Crippen molar-refractivity contribution in [2.24, 2.45) is 4.99 Å². The first-order chi connectivity index (χ1) is 11.7. The lowest BCUT2D eigenvalue weighted by molar-refractivity contribution is -1.17. The lowest BCUT2D eigenvalue weighted by Crippen LogP contribution is -3.42. The molecule has 24 heavy (non-hydrogen) atoms. The summed E-state index contributed by atoms with van der Waals surface area (Å²) in [5.74, 6) is 0.327. The number of hydrogen-bond acceptors (Lipinski definition) is 2.